The molecule has 0 bridgehead atoms. The van der Waals surface area contributed by atoms with Crippen LogP contribution in [-0.2, 0) is 12.8 Å². The molecule has 2 aromatic rings. The predicted octanol–water partition coefficient (Wildman–Crippen LogP) is 0.535. The monoisotopic (exact) mass is 253 g/mol. The summed E-state index contributed by atoms with van der Waals surface area (Å²) in [5, 5.41) is 21.1. The first kappa shape index (κ1) is 12.1. The molecule has 0 unspecified atom stereocenters. The molecule has 0 fully saturated rings. The average molecular weight is 253 g/mol. The quantitative estimate of drug-likeness (QED) is 0.787. The van der Waals surface area contributed by atoms with Crippen LogP contribution < -0.4 is 0 Å². The summed E-state index contributed by atoms with van der Waals surface area (Å²) in [5.74, 6) is 2.38. The molecule has 7 heteroatoms. The van der Waals surface area contributed by atoms with Crippen molar-refractivity contribution in [2.45, 2.75) is 12.7 Å². The van der Waals surface area contributed by atoms with Crippen LogP contribution in [0.25, 0.3) is 5.82 Å². The first-order valence-corrected chi connectivity index (χ1v) is 6.47. The molecule has 0 aliphatic rings. The molecule has 17 heavy (non-hydrogen) atoms. The second kappa shape index (κ2) is 5.33. The molecule has 0 aromatic carbocycles. The Labute approximate surface area is 104 Å². The van der Waals surface area contributed by atoms with Crippen molar-refractivity contribution in [3.05, 3.63) is 23.7 Å². The van der Waals surface area contributed by atoms with Crippen LogP contribution in [0.3, 0.4) is 0 Å². The zero-order valence-corrected chi connectivity index (χ0v) is 10.7. The van der Waals surface area contributed by atoms with E-state index in [2.05, 4.69) is 15.4 Å². The molecule has 6 nitrogen and oxygen atoms in total. The Morgan fingerprint density at radius 2 is 2.29 bits per heavy atom. The van der Waals surface area contributed by atoms with E-state index in [1.54, 1.807) is 21.1 Å². The molecule has 0 aliphatic heterocycles. The summed E-state index contributed by atoms with van der Waals surface area (Å²) in [7, 11) is 1.88. The van der Waals surface area contributed by atoms with Gasteiger partial charge in [-0.2, -0.15) is 16.9 Å². The van der Waals surface area contributed by atoms with Gasteiger partial charge in [0, 0.05) is 24.6 Å². The summed E-state index contributed by atoms with van der Waals surface area (Å²) in [5.41, 5.74) is 1.86. The minimum atomic E-state index is 0.194. The van der Waals surface area contributed by atoms with E-state index < -0.39 is 0 Å². The average Bonchev–Trinajstić information content (AvgIpc) is 2.86. The van der Waals surface area contributed by atoms with Gasteiger partial charge in [-0.15, -0.1) is 5.10 Å². The van der Waals surface area contributed by atoms with Gasteiger partial charge < -0.3 is 5.11 Å². The first-order chi connectivity index (χ1) is 8.20. The van der Waals surface area contributed by atoms with E-state index in [-0.39, 0.29) is 6.61 Å². The second-order valence-electron chi connectivity index (χ2n) is 3.70. The van der Waals surface area contributed by atoms with Crippen LogP contribution in [0.15, 0.2) is 12.3 Å². The largest absolute Gasteiger partial charge is 0.396 e. The van der Waals surface area contributed by atoms with Gasteiger partial charge >= 0.3 is 0 Å². The van der Waals surface area contributed by atoms with Gasteiger partial charge in [0.1, 0.15) is 0 Å². The molecule has 0 saturated heterocycles. The standard InChI is InChI=1S/C10H15N5OS/c1-8-5-10(14(2)12-8)15-6-9(11-13-15)7-17-4-3-16/h5-6,16H,3-4,7H2,1-2H3. The third-order valence-electron chi connectivity index (χ3n) is 2.24. The van der Waals surface area contributed by atoms with E-state index in [1.165, 1.54) is 0 Å². The fraction of sp³-hybridized carbons (Fsp3) is 0.500. The number of rotatable bonds is 5. The third-order valence-corrected chi connectivity index (χ3v) is 3.21. The van der Waals surface area contributed by atoms with E-state index in [0.717, 1.165) is 28.7 Å². The Morgan fingerprint density at radius 3 is 2.94 bits per heavy atom. The van der Waals surface area contributed by atoms with Crippen LogP contribution in [0.2, 0.25) is 0 Å². The van der Waals surface area contributed by atoms with Crippen LogP contribution in [0.1, 0.15) is 11.4 Å². The molecule has 0 saturated carbocycles. The lowest BCUT2D eigenvalue weighted by Crippen LogP contribution is -2.03. The van der Waals surface area contributed by atoms with E-state index in [9.17, 15) is 0 Å². The number of hydrogen-bond donors (Lipinski definition) is 1. The predicted molar refractivity (Wildman–Crippen MR) is 66.1 cm³/mol. The minimum absolute atomic E-state index is 0.194. The van der Waals surface area contributed by atoms with Crippen molar-refractivity contribution in [1.29, 1.82) is 0 Å². The lowest BCUT2D eigenvalue weighted by Gasteiger charge is -1.98. The summed E-state index contributed by atoms with van der Waals surface area (Å²) in [6.45, 7) is 2.14. The molecule has 92 valence electrons. The number of aliphatic hydroxyl groups is 1. The maximum absolute atomic E-state index is 8.69. The molecule has 0 atom stereocenters. The fourth-order valence-electron chi connectivity index (χ4n) is 1.53. The Bertz CT molecular complexity index is 493. The van der Waals surface area contributed by atoms with Gasteiger partial charge in [-0.25, -0.2) is 4.68 Å². The number of aliphatic hydroxyl groups excluding tert-OH is 1. The van der Waals surface area contributed by atoms with Crippen LogP contribution >= 0.6 is 11.8 Å². The van der Waals surface area contributed by atoms with E-state index in [1.807, 2.05) is 26.2 Å². The molecule has 2 aromatic heterocycles. The Morgan fingerprint density at radius 1 is 1.47 bits per heavy atom. The van der Waals surface area contributed by atoms with Gasteiger partial charge in [-0.3, -0.25) is 4.68 Å². The van der Waals surface area contributed by atoms with Crippen LogP contribution in [0.5, 0.6) is 0 Å². The Balaban J connectivity index is 2.10. The number of thioether (sulfide) groups is 1. The van der Waals surface area contributed by atoms with Crippen molar-refractivity contribution in [2.24, 2.45) is 7.05 Å². The van der Waals surface area contributed by atoms with Gasteiger partial charge in [0.2, 0.25) is 0 Å². The van der Waals surface area contributed by atoms with E-state index in [0.29, 0.717) is 0 Å². The highest BCUT2D eigenvalue weighted by Crippen LogP contribution is 2.12. The highest BCUT2D eigenvalue weighted by atomic mass is 32.2. The Kier molecular flexibility index (Phi) is 3.80. The summed E-state index contributed by atoms with van der Waals surface area (Å²) in [6, 6.07) is 1.96. The SMILES string of the molecule is Cc1cc(-n2cc(CSCCO)nn2)n(C)n1. The van der Waals surface area contributed by atoms with Crippen molar-refractivity contribution in [1.82, 2.24) is 24.8 Å². The van der Waals surface area contributed by atoms with E-state index in [4.69, 9.17) is 5.11 Å². The van der Waals surface area contributed by atoms with Gasteiger partial charge in [0.05, 0.1) is 24.2 Å². The van der Waals surface area contributed by atoms with Crippen molar-refractivity contribution >= 4 is 11.8 Å². The van der Waals surface area contributed by atoms with Crippen LogP contribution in [0.4, 0.5) is 0 Å². The lowest BCUT2D eigenvalue weighted by molar-refractivity contribution is 0.322. The number of aromatic nitrogens is 5. The molecule has 0 amide bonds. The van der Waals surface area contributed by atoms with Crippen LogP contribution in [-0.4, -0.2) is 42.2 Å². The Hall–Kier alpha value is -1.34. The summed E-state index contributed by atoms with van der Waals surface area (Å²) in [6.07, 6.45) is 1.89. The maximum atomic E-state index is 8.69. The van der Waals surface area contributed by atoms with Crippen molar-refractivity contribution < 1.29 is 5.11 Å². The van der Waals surface area contributed by atoms with Crippen molar-refractivity contribution in [3.8, 4) is 5.82 Å². The highest BCUT2D eigenvalue weighted by Gasteiger charge is 2.07. The number of hydrogen-bond acceptors (Lipinski definition) is 5. The molecule has 2 rings (SSSR count). The van der Waals surface area contributed by atoms with Crippen molar-refractivity contribution in [3.63, 3.8) is 0 Å². The summed E-state index contributed by atoms with van der Waals surface area (Å²) < 4.78 is 3.49. The lowest BCUT2D eigenvalue weighted by atomic mass is 10.5. The van der Waals surface area contributed by atoms with E-state index >= 15 is 0 Å². The summed E-state index contributed by atoms with van der Waals surface area (Å²) in [4.78, 5) is 0. The zero-order chi connectivity index (χ0) is 12.3. The maximum Gasteiger partial charge on any atom is 0.153 e. The van der Waals surface area contributed by atoms with Gasteiger partial charge in [0.15, 0.2) is 5.82 Å². The molecular weight excluding hydrogens is 238 g/mol. The molecule has 0 aliphatic carbocycles. The fourth-order valence-corrected chi connectivity index (χ4v) is 2.14. The first-order valence-electron chi connectivity index (χ1n) is 5.31. The molecular formula is C10H15N5OS. The normalized spacial score (nSPS) is 11.0. The summed E-state index contributed by atoms with van der Waals surface area (Å²) >= 11 is 1.64. The van der Waals surface area contributed by atoms with Crippen molar-refractivity contribution in [2.75, 3.05) is 12.4 Å². The molecule has 1 N–H and O–H groups in total. The minimum Gasteiger partial charge on any atom is -0.396 e. The topological polar surface area (TPSA) is 68.8 Å². The molecule has 0 spiro atoms. The van der Waals surface area contributed by atoms with Gasteiger partial charge in [-0.05, 0) is 6.92 Å². The highest BCUT2D eigenvalue weighted by molar-refractivity contribution is 7.98. The van der Waals surface area contributed by atoms with Gasteiger partial charge in [-0.1, -0.05) is 5.21 Å². The zero-order valence-electron chi connectivity index (χ0n) is 9.87. The smallest absolute Gasteiger partial charge is 0.153 e. The van der Waals surface area contributed by atoms with Crippen LogP contribution in [0, 0.1) is 6.92 Å². The molecule has 0 radical (unpaired) electrons. The molecule has 2 heterocycles. The van der Waals surface area contributed by atoms with Gasteiger partial charge in [0.25, 0.3) is 0 Å². The third kappa shape index (κ3) is 2.86. The number of nitrogens with zero attached hydrogens (tertiary/aromatic N) is 5. The number of aryl methyl sites for hydroxylation is 2. The second-order valence-corrected chi connectivity index (χ2v) is 4.80.